The Hall–Kier alpha value is -1.42. The van der Waals surface area contributed by atoms with E-state index in [0.717, 1.165) is 5.56 Å². The lowest BCUT2D eigenvalue weighted by Crippen LogP contribution is -2.13. The normalized spacial score (nSPS) is 12.0. The second-order valence-corrected chi connectivity index (χ2v) is 2.83. The van der Waals surface area contributed by atoms with Gasteiger partial charge >= 0.3 is 0 Å². The van der Waals surface area contributed by atoms with Gasteiger partial charge in [0.2, 0.25) is 12.7 Å². The quantitative estimate of drug-likeness (QED) is 0.796. The van der Waals surface area contributed by atoms with Gasteiger partial charge in [-0.05, 0) is 17.7 Å². The summed E-state index contributed by atoms with van der Waals surface area (Å²) >= 11 is 0. The van der Waals surface area contributed by atoms with Gasteiger partial charge in [-0.15, -0.1) is 12.4 Å². The van der Waals surface area contributed by atoms with E-state index in [1.165, 1.54) is 0 Å². The lowest BCUT2D eigenvalue weighted by atomic mass is 10.1. The van der Waals surface area contributed by atoms with Crippen LogP contribution in [-0.4, -0.2) is 12.7 Å². The van der Waals surface area contributed by atoms with Crippen molar-refractivity contribution in [2.24, 2.45) is 5.73 Å². The third kappa shape index (κ3) is 2.09. The van der Waals surface area contributed by atoms with Crippen LogP contribution in [0.5, 0.6) is 11.5 Å². The minimum Gasteiger partial charge on any atom is -0.454 e. The molecule has 1 amide bonds. The number of halogens is 1. The zero-order valence-electron chi connectivity index (χ0n) is 7.36. The number of ether oxygens (including phenoxy) is 2. The number of hydrogen-bond donors (Lipinski definition) is 1. The molecule has 2 rings (SSSR count). The monoisotopic (exact) mass is 215 g/mol. The molecular formula is C9H10ClNO3. The molecule has 1 aliphatic heterocycles. The van der Waals surface area contributed by atoms with Crippen LogP contribution in [0.1, 0.15) is 5.56 Å². The first-order valence-corrected chi connectivity index (χ1v) is 3.92. The molecule has 5 heteroatoms. The maximum Gasteiger partial charge on any atom is 0.231 e. The van der Waals surface area contributed by atoms with E-state index in [1.807, 2.05) is 0 Å². The van der Waals surface area contributed by atoms with E-state index in [1.54, 1.807) is 18.2 Å². The van der Waals surface area contributed by atoms with Gasteiger partial charge in [0.15, 0.2) is 11.5 Å². The smallest absolute Gasteiger partial charge is 0.231 e. The average molecular weight is 216 g/mol. The van der Waals surface area contributed by atoms with Crippen LogP contribution in [-0.2, 0) is 11.2 Å². The van der Waals surface area contributed by atoms with Gasteiger partial charge in [0.25, 0.3) is 0 Å². The van der Waals surface area contributed by atoms with Crippen LogP contribution in [0, 0.1) is 0 Å². The Morgan fingerprint density at radius 3 is 2.79 bits per heavy atom. The Morgan fingerprint density at radius 1 is 1.36 bits per heavy atom. The van der Waals surface area contributed by atoms with E-state index < -0.39 is 0 Å². The SMILES string of the molecule is Cl.NC(=O)Cc1ccc2c(c1)OCO2. The van der Waals surface area contributed by atoms with Crippen LogP contribution >= 0.6 is 12.4 Å². The third-order valence-corrected chi connectivity index (χ3v) is 1.82. The predicted octanol–water partition coefficient (Wildman–Crippen LogP) is 0.865. The second-order valence-electron chi connectivity index (χ2n) is 2.83. The molecule has 76 valence electrons. The van der Waals surface area contributed by atoms with Crippen LogP contribution in [0.4, 0.5) is 0 Å². The van der Waals surface area contributed by atoms with Crippen molar-refractivity contribution >= 4 is 18.3 Å². The number of hydrogen-bond acceptors (Lipinski definition) is 3. The third-order valence-electron chi connectivity index (χ3n) is 1.82. The van der Waals surface area contributed by atoms with Crippen molar-refractivity contribution in [2.45, 2.75) is 6.42 Å². The van der Waals surface area contributed by atoms with Crippen LogP contribution < -0.4 is 15.2 Å². The van der Waals surface area contributed by atoms with E-state index in [2.05, 4.69) is 0 Å². The minimum absolute atomic E-state index is 0. The largest absolute Gasteiger partial charge is 0.454 e. The van der Waals surface area contributed by atoms with Crippen molar-refractivity contribution < 1.29 is 14.3 Å². The number of fused-ring (bicyclic) bond motifs is 1. The van der Waals surface area contributed by atoms with Gasteiger partial charge < -0.3 is 15.2 Å². The van der Waals surface area contributed by atoms with Gasteiger partial charge in [-0.2, -0.15) is 0 Å². The molecule has 2 N–H and O–H groups in total. The molecule has 1 aromatic rings. The molecule has 0 fully saturated rings. The number of carbonyl (C=O) groups excluding carboxylic acids is 1. The van der Waals surface area contributed by atoms with Crippen molar-refractivity contribution in [3.63, 3.8) is 0 Å². The lowest BCUT2D eigenvalue weighted by molar-refractivity contribution is -0.117. The molecule has 0 radical (unpaired) electrons. The molecule has 14 heavy (non-hydrogen) atoms. The molecule has 4 nitrogen and oxygen atoms in total. The summed E-state index contributed by atoms with van der Waals surface area (Å²) in [4.78, 5) is 10.6. The molecule has 0 spiro atoms. The highest BCUT2D eigenvalue weighted by Crippen LogP contribution is 2.32. The molecular weight excluding hydrogens is 206 g/mol. The second kappa shape index (κ2) is 4.19. The molecule has 0 saturated heterocycles. The maximum atomic E-state index is 10.6. The standard InChI is InChI=1S/C9H9NO3.ClH/c10-9(11)4-6-1-2-7-8(3-6)13-5-12-7;/h1-3H,4-5H2,(H2,10,11);1H. The Kier molecular flexibility index (Phi) is 3.19. The Bertz CT molecular complexity index is 354. The van der Waals surface area contributed by atoms with Crippen molar-refractivity contribution in [3.8, 4) is 11.5 Å². The molecule has 0 saturated carbocycles. The molecule has 0 unspecified atom stereocenters. The maximum absolute atomic E-state index is 10.6. The fraction of sp³-hybridized carbons (Fsp3) is 0.222. The molecule has 0 atom stereocenters. The average Bonchev–Trinajstić information content (AvgIpc) is 2.49. The van der Waals surface area contributed by atoms with Gasteiger partial charge in [0.1, 0.15) is 0 Å². The van der Waals surface area contributed by atoms with Crippen LogP contribution in [0.25, 0.3) is 0 Å². The molecule has 0 aliphatic carbocycles. The number of nitrogens with two attached hydrogens (primary N) is 1. The number of amides is 1. The van der Waals surface area contributed by atoms with Crippen molar-refractivity contribution in [1.29, 1.82) is 0 Å². The van der Waals surface area contributed by atoms with E-state index in [-0.39, 0.29) is 31.5 Å². The first-order chi connectivity index (χ1) is 6.25. The van der Waals surface area contributed by atoms with E-state index >= 15 is 0 Å². The summed E-state index contributed by atoms with van der Waals surface area (Å²) in [6.45, 7) is 0.245. The van der Waals surface area contributed by atoms with Crippen molar-refractivity contribution in [2.75, 3.05) is 6.79 Å². The predicted molar refractivity (Wildman–Crippen MR) is 52.7 cm³/mol. The van der Waals surface area contributed by atoms with E-state index in [4.69, 9.17) is 15.2 Å². The first-order valence-electron chi connectivity index (χ1n) is 3.92. The highest BCUT2D eigenvalue weighted by atomic mass is 35.5. The highest BCUT2D eigenvalue weighted by Gasteiger charge is 2.13. The van der Waals surface area contributed by atoms with Gasteiger partial charge in [-0.25, -0.2) is 0 Å². The fourth-order valence-corrected chi connectivity index (χ4v) is 1.25. The number of benzene rings is 1. The Morgan fingerprint density at radius 2 is 2.07 bits per heavy atom. The lowest BCUT2D eigenvalue weighted by Gasteiger charge is -1.99. The van der Waals surface area contributed by atoms with Gasteiger partial charge in [-0.3, -0.25) is 4.79 Å². The minimum atomic E-state index is -0.348. The summed E-state index contributed by atoms with van der Waals surface area (Å²) in [5.74, 6) is 1.05. The molecule has 1 heterocycles. The highest BCUT2D eigenvalue weighted by molar-refractivity contribution is 5.85. The van der Waals surface area contributed by atoms with Crippen LogP contribution in [0.2, 0.25) is 0 Å². The van der Waals surface area contributed by atoms with E-state index in [9.17, 15) is 4.79 Å². The molecule has 0 aromatic heterocycles. The van der Waals surface area contributed by atoms with Gasteiger partial charge in [0, 0.05) is 0 Å². The summed E-state index contributed by atoms with van der Waals surface area (Å²) in [7, 11) is 0. The Labute approximate surface area is 87.4 Å². The molecule has 1 aliphatic rings. The van der Waals surface area contributed by atoms with Crippen molar-refractivity contribution in [3.05, 3.63) is 23.8 Å². The first kappa shape index (κ1) is 10.7. The number of primary amides is 1. The molecule has 1 aromatic carbocycles. The van der Waals surface area contributed by atoms with Gasteiger partial charge in [0.05, 0.1) is 6.42 Å². The zero-order chi connectivity index (χ0) is 9.26. The van der Waals surface area contributed by atoms with Crippen molar-refractivity contribution in [1.82, 2.24) is 0 Å². The summed E-state index contributed by atoms with van der Waals surface area (Å²) in [6.07, 6.45) is 0.233. The van der Waals surface area contributed by atoms with E-state index in [0.29, 0.717) is 11.5 Å². The zero-order valence-corrected chi connectivity index (χ0v) is 8.17. The topological polar surface area (TPSA) is 61.6 Å². The van der Waals surface area contributed by atoms with Gasteiger partial charge in [-0.1, -0.05) is 6.07 Å². The number of rotatable bonds is 2. The molecule has 0 bridgehead atoms. The Balaban J connectivity index is 0.000000980. The summed E-state index contributed by atoms with van der Waals surface area (Å²) in [6, 6.07) is 5.35. The summed E-state index contributed by atoms with van der Waals surface area (Å²) in [5.41, 5.74) is 5.90. The van der Waals surface area contributed by atoms with Crippen LogP contribution in [0.3, 0.4) is 0 Å². The fourth-order valence-electron chi connectivity index (χ4n) is 1.25. The summed E-state index contributed by atoms with van der Waals surface area (Å²) < 4.78 is 10.3. The number of carbonyl (C=O) groups is 1. The van der Waals surface area contributed by atoms with Crippen LogP contribution in [0.15, 0.2) is 18.2 Å². The summed E-state index contributed by atoms with van der Waals surface area (Å²) in [5, 5.41) is 0.